The maximum Gasteiger partial charge on any atom is 0.223 e. The third-order valence-corrected chi connectivity index (χ3v) is 5.67. The number of carbonyl (C=O) groups is 1. The van der Waals surface area contributed by atoms with Crippen LogP contribution in [0.1, 0.15) is 23.5 Å². The van der Waals surface area contributed by atoms with E-state index in [0.29, 0.717) is 24.5 Å². The Morgan fingerprint density at radius 1 is 0.862 bits per heavy atom. The minimum atomic E-state index is 0.0702. The second-order valence-corrected chi connectivity index (χ2v) is 7.72. The van der Waals surface area contributed by atoms with Gasteiger partial charge in [-0.3, -0.25) is 4.79 Å². The minimum Gasteiger partial charge on any atom is -0.353 e. The number of anilines is 1. The van der Waals surface area contributed by atoms with Gasteiger partial charge in [-0.1, -0.05) is 72.3 Å². The first-order valence-corrected chi connectivity index (χ1v) is 10.3. The minimum absolute atomic E-state index is 0.0702. The van der Waals surface area contributed by atoms with Crippen LogP contribution in [0.25, 0.3) is 0 Å². The summed E-state index contributed by atoms with van der Waals surface area (Å²) in [5.41, 5.74) is 2.35. The normalized spacial score (nSPS) is 14.3. The molecule has 29 heavy (non-hydrogen) atoms. The first kappa shape index (κ1) is 19.5. The SMILES string of the molecule is O=C(CC(c1ccccc1)c1ccccc1)N1CCN(c2ccc(Cl)cn2)CC1. The molecule has 3 aromatic rings. The van der Waals surface area contributed by atoms with E-state index in [1.807, 2.05) is 53.4 Å². The first-order valence-electron chi connectivity index (χ1n) is 9.95. The smallest absolute Gasteiger partial charge is 0.223 e. The van der Waals surface area contributed by atoms with Crippen LogP contribution in [0.3, 0.4) is 0 Å². The van der Waals surface area contributed by atoms with Crippen LogP contribution in [0, 0.1) is 0 Å². The molecular weight excluding hydrogens is 382 g/mol. The Morgan fingerprint density at radius 2 is 1.45 bits per heavy atom. The molecule has 1 aliphatic heterocycles. The summed E-state index contributed by atoms with van der Waals surface area (Å²) in [7, 11) is 0. The van der Waals surface area contributed by atoms with Crippen molar-refractivity contribution in [2.24, 2.45) is 0 Å². The van der Waals surface area contributed by atoms with Crippen LogP contribution >= 0.6 is 11.6 Å². The van der Waals surface area contributed by atoms with Gasteiger partial charge in [-0.05, 0) is 23.3 Å². The molecule has 1 aromatic heterocycles. The topological polar surface area (TPSA) is 36.4 Å². The van der Waals surface area contributed by atoms with E-state index in [-0.39, 0.29) is 11.8 Å². The molecule has 1 amide bonds. The van der Waals surface area contributed by atoms with E-state index in [9.17, 15) is 4.79 Å². The summed E-state index contributed by atoms with van der Waals surface area (Å²) in [6.07, 6.45) is 2.14. The Hall–Kier alpha value is -2.85. The van der Waals surface area contributed by atoms with E-state index in [4.69, 9.17) is 11.6 Å². The van der Waals surface area contributed by atoms with Gasteiger partial charge in [-0.2, -0.15) is 0 Å². The zero-order chi connectivity index (χ0) is 20.1. The summed E-state index contributed by atoms with van der Waals surface area (Å²) in [5.74, 6) is 1.18. The molecule has 1 saturated heterocycles. The number of halogens is 1. The van der Waals surface area contributed by atoms with Crippen molar-refractivity contribution >= 4 is 23.3 Å². The molecule has 0 N–H and O–H groups in total. The number of hydrogen-bond donors (Lipinski definition) is 0. The van der Waals surface area contributed by atoms with Crippen molar-refractivity contribution in [2.45, 2.75) is 12.3 Å². The van der Waals surface area contributed by atoms with Gasteiger partial charge in [-0.15, -0.1) is 0 Å². The molecule has 0 spiro atoms. The number of amides is 1. The second kappa shape index (κ2) is 9.10. The van der Waals surface area contributed by atoms with E-state index in [1.165, 1.54) is 11.1 Å². The number of nitrogens with zero attached hydrogens (tertiary/aromatic N) is 3. The van der Waals surface area contributed by atoms with Crippen molar-refractivity contribution < 1.29 is 4.79 Å². The van der Waals surface area contributed by atoms with Crippen LogP contribution < -0.4 is 4.90 Å². The molecule has 5 heteroatoms. The average Bonchev–Trinajstić information content (AvgIpc) is 2.79. The Balaban J connectivity index is 1.43. The Kier molecular flexibility index (Phi) is 6.11. The molecule has 0 atom stereocenters. The number of benzene rings is 2. The molecule has 1 aliphatic rings. The number of rotatable bonds is 5. The number of hydrogen-bond acceptors (Lipinski definition) is 3. The monoisotopic (exact) mass is 405 g/mol. The van der Waals surface area contributed by atoms with Crippen molar-refractivity contribution in [2.75, 3.05) is 31.1 Å². The van der Waals surface area contributed by atoms with E-state index >= 15 is 0 Å². The van der Waals surface area contributed by atoms with Gasteiger partial charge in [0.1, 0.15) is 5.82 Å². The first-order chi connectivity index (χ1) is 14.2. The van der Waals surface area contributed by atoms with Gasteiger partial charge in [-0.25, -0.2) is 4.98 Å². The molecule has 148 valence electrons. The van der Waals surface area contributed by atoms with E-state index in [2.05, 4.69) is 34.1 Å². The predicted molar refractivity (Wildman–Crippen MR) is 117 cm³/mol. The summed E-state index contributed by atoms with van der Waals surface area (Å²) in [4.78, 5) is 21.7. The fraction of sp³-hybridized carbons (Fsp3) is 0.250. The van der Waals surface area contributed by atoms with Crippen molar-refractivity contribution in [1.29, 1.82) is 0 Å². The molecule has 1 fully saturated rings. The van der Waals surface area contributed by atoms with Gasteiger partial charge < -0.3 is 9.80 Å². The summed E-state index contributed by atoms with van der Waals surface area (Å²) in [6, 6.07) is 24.4. The molecule has 0 unspecified atom stereocenters. The van der Waals surface area contributed by atoms with Crippen LogP contribution in [0.15, 0.2) is 79.0 Å². The van der Waals surface area contributed by atoms with Crippen LogP contribution in [0.4, 0.5) is 5.82 Å². The lowest BCUT2D eigenvalue weighted by Crippen LogP contribution is -2.49. The molecular formula is C24H24ClN3O. The van der Waals surface area contributed by atoms with Crippen molar-refractivity contribution in [3.63, 3.8) is 0 Å². The highest BCUT2D eigenvalue weighted by molar-refractivity contribution is 6.30. The van der Waals surface area contributed by atoms with Crippen LogP contribution in [-0.4, -0.2) is 42.0 Å². The average molecular weight is 406 g/mol. The standard InChI is InChI=1S/C24H24ClN3O/c25-21-11-12-23(26-18-21)27-13-15-28(16-14-27)24(29)17-22(19-7-3-1-4-8-19)20-9-5-2-6-10-20/h1-12,18,22H,13-17H2. The number of pyridine rings is 1. The highest BCUT2D eigenvalue weighted by Gasteiger charge is 2.25. The summed E-state index contributed by atoms with van der Waals surface area (Å²) in [5, 5.41) is 0.635. The maximum atomic E-state index is 13.1. The number of piperazine rings is 1. The third kappa shape index (κ3) is 4.77. The fourth-order valence-corrected chi connectivity index (χ4v) is 3.95. The summed E-state index contributed by atoms with van der Waals surface area (Å²) in [6.45, 7) is 2.97. The van der Waals surface area contributed by atoms with Gasteiger partial charge in [0.15, 0.2) is 0 Å². The summed E-state index contributed by atoms with van der Waals surface area (Å²) < 4.78 is 0. The molecule has 2 heterocycles. The van der Waals surface area contributed by atoms with Gasteiger partial charge in [0, 0.05) is 44.7 Å². The molecule has 0 bridgehead atoms. The van der Waals surface area contributed by atoms with Gasteiger partial charge in [0.25, 0.3) is 0 Å². The fourth-order valence-electron chi connectivity index (χ4n) is 3.84. The lowest BCUT2D eigenvalue weighted by molar-refractivity contribution is -0.131. The zero-order valence-corrected chi connectivity index (χ0v) is 17.0. The van der Waals surface area contributed by atoms with Crippen LogP contribution in [0.2, 0.25) is 5.02 Å². The maximum absolute atomic E-state index is 13.1. The highest BCUT2D eigenvalue weighted by Crippen LogP contribution is 2.29. The molecule has 0 saturated carbocycles. The van der Waals surface area contributed by atoms with Gasteiger partial charge in [0.05, 0.1) is 5.02 Å². The third-order valence-electron chi connectivity index (χ3n) is 5.45. The Labute approximate surface area is 176 Å². The van der Waals surface area contributed by atoms with Crippen molar-refractivity contribution in [1.82, 2.24) is 9.88 Å². The van der Waals surface area contributed by atoms with Crippen LogP contribution in [-0.2, 0) is 4.79 Å². The molecule has 0 radical (unpaired) electrons. The lowest BCUT2D eigenvalue weighted by atomic mass is 9.88. The Bertz CT molecular complexity index is 884. The zero-order valence-electron chi connectivity index (χ0n) is 16.2. The van der Waals surface area contributed by atoms with Gasteiger partial charge >= 0.3 is 0 Å². The quantitative estimate of drug-likeness (QED) is 0.622. The molecule has 0 aliphatic carbocycles. The van der Waals surface area contributed by atoms with Crippen molar-refractivity contribution in [3.05, 3.63) is 95.1 Å². The van der Waals surface area contributed by atoms with E-state index < -0.39 is 0 Å². The van der Waals surface area contributed by atoms with E-state index in [0.717, 1.165) is 18.9 Å². The highest BCUT2D eigenvalue weighted by atomic mass is 35.5. The molecule has 4 rings (SSSR count). The molecule has 4 nitrogen and oxygen atoms in total. The van der Waals surface area contributed by atoms with Crippen LogP contribution in [0.5, 0.6) is 0 Å². The van der Waals surface area contributed by atoms with Gasteiger partial charge in [0.2, 0.25) is 5.91 Å². The number of carbonyl (C=O) groups excluding carboxylic acids is 1. The number of aromatic nitrogens is 1. The predicted octanol–water partition coefficient (Wildman–Crippen LogP) is 4.61. The Morgan fingerprint density at radius 3 is 1.97 bits per heavy atom. The van der Waals surface area contributed by atoms with Crippen molar-refractivity contribution in [3.8, 4) is 0 Å². The van der Waals surface area contributed by atoms with E-state index in [1.54, 1.807) is 6.20 Å². The summed E-state index contributed by atoms with van der Waals surface area (Å²) >= 11 is 5.93. The second-order valence-electron chi connectivity index (χ2n) is 7.28. The lowest BCUT2D eigenvalue weighted by Gasteiger charge is -2.36. The molecule has 2 aromatic carbocycles. The largest absolute Gasteiger partial charge is 0.353 e.